The zero-order valence-corrected chi connectivity index (χ0v) is 18.6. The van der Waals surface area contributed by atoms with Crippen LogP contribution in [0.3, 0.4) is 0 Å². The molecule has 3 aromatic rings. The van der Waals surface area contributed by atoms with E-state index in [-0.39, 0.29) is 18.4 Å². The fourth-order valence-corrected chi connectivity index (χ4v) is 4.34. The van der Waals surface area contributed by atoms with E-state index < -0.39 is 6.29 Å². The number of rotatable bonds is 9. The van der Waals surface area contributed by atoms with Crippen LogP contribution >= 0.6 is 11.3 Å². The zero-order valence-electron chi connectivity index (χ0n) is 17.8. The van der Waals surface area contributed by atoms with E-state index in [1.807, 2.05) is 66.1 Å². The highest BCUT2D eigenvalue weighted by Crippen LogP contribution is 2.32. The van der Waals surface area contributed by atoms with Crippen LogP contribution in [-0.4, -0.2) is 23.8 Å². The molecule has 6 heteroatoms. The van der Waals surface area contributed by atoms with Crippen molar-refractivity contribution in [2.24, 2.45) is 0 Å². The lowest BCUT2D eigenvalue weighted by Crippen LogP contribution is -2.33. The molecule has 166 valence electrons. The molecule has 32 heavy (non-hydrogen) atoms. The molecule has 2 aromatic carbocycles. The molecule has 1 aliphatic heterocycles. The second kappa shape index (κ2) is 11.1. The average Bonchev–Trinajstić information content (AvgIpc) is 3.39. The summed E-state index contributed by atoms with van der Waals surface area (Å²) in [5.41, 5.74) is 4.18. The van der Waals surface area contributed by atoms with Crippen molar-refractivity contribution in [3.05, 3.63) is 106 Å². The summed E-state index contributed by atoms with van der Waals surface area (Å²) in [5.74, 6) is 0.148. The van der Waals surface area contributed by atoms with E-state index in [2.05, 4.69) is 16.8 Å². The van der Waals surface area contributed by atoms with Crippen LogP contribution in [0.25, 0.3) is 0 Å². The SMILES string of the molecule is O=C(NCCc1ccccc1)C1=C[C@H](c2ccsc2)C[C@H](OCc2ccc(CO)cc2)O1. The van der Waals surface area contributed by atoms with Gasteiger partial charge in [0.15, 0.2) is 5.76 Å². The summed E-state index contributed by atoms with van der Waals surface area (Å²) in [7, 11) is 0. The molecule has 1 aliphatic rings. The number of carbonyl (C=O) groups excluding carboxylic acids is 1. The van der Waals surface area contributed by atoms with Crippen LogP contribution in [0.1, 0.15) is 34.6 Å². The van der Waals surface area contributed by atoms with Crippen molar-refractivity contribution in [2.45, 2.75) is 38.3 Å². The number of nitrogens with one attached hydrogen (secondary N) is 1. The van der Waals surface area contributed by atoms with E-state index in [0.717, 1.165) is 23.1 Å². The smallest absolute Gasteiger partial charge is 0.286 e. The summed E-state index contributed by atoms with van der Waals surface area (Å²) in [6.45, 7) is 0.924. The number of allylic oxidation sites excluding steroid dienone is 1. The quantitative estimate of drug-likeness (QED) is 0.504. The lowest BCUT2D eigenvalue weighted by Gasteiger charge is -2.29. The summed E-state index contributed by atoms with van der Waals surface area (Å²) < 4.78 is 12.0. The van der Waals surface area contributed by atoms with Gasteiger partial charge >= 0.3 is 0 Å². The standard InChI is InChI=1S/C26H27NO4S/c28-16-20-6-8-21(9-7-20)17-30-25-15-23(22-11-13-32-18-22)14-24(31-25)26(29)27-12-10-19-4-2-1-3-5-19/h1-9,11,13-14,18,23,25,28H,10,12,15-17H2,(H,27,29)/t23-,25+/m0/s1. The van der Waals surface area contributed by atoms with Crippen LogP contribution in [0.4, 0.5) is 0 Å². The number of benzene rings is 2. The molecule has 5 nitrogen and oxygen atoms in total. The fourth-order valence-electron chi connectivity index (χ4n) is 3.62. The van der Waals surface area contributed by atoms with Gasteiger partial charge in [-0.3, -0.25) is 4.79 Å². The maximum atomic E-state index is 12.8. The molecule has 0 saturated heterocycles. The Morgan fingerprint density at radius 3 is 2.56 bits per heavy atom. The second-order valence-electron chi connectivity index (χ2n) is 7.75. The molecular weight excluding hydrogens is 422 g/mol. The third-order valence-corrected chi connectivity index (χ3v) is 6.14. The van der Waals surface area contributed by atoms with Crippen molar-refractivity contribution >= 4 is 17.2 Å². The number of ether oxygens (including phenoxy) is 2. The maximum Gasteiger partial charge on any atom is 0.286 e. The molecule has 0 saturated carbocycles. The molecule has 1 amide bonds. The van der Waals surface area contributed by atoms with Crippen molar-refractivity contribution in [1.29, 1.82) is 0 Å². The largest absolute Gasteiger partial charge is 0.459 e. The predicted octanol–water partition coefficient (Wildman–Crippen LogP) is 4.53. The number of carbonyl (C=O) groups is 1. The van der Waals surface area contributed by atoms with E-state index in [0.29, 0.717) is 25.3 Å². The monoisotopic (exact) mass is 449 g/mol. The van der Waals surface area contributed by atoms with Crippen molar-refractivity contribution < 1.29 is 19.4 Å². The Morgan fingerprint density at radius 1 is 1.06 bits per heavy atom. The molecule has 0 aliphatic carbocycles. The summed E-state index contributed by atoms with van der Waals surface area (Å²) in [6.07, 6.45) is 2.79. The van der Waals surface area contributed by atoms with E-state index in [1.165, 1.54) is 5.56 Å². The van der Waals surface area contributed by atoms with Gasteiger partial charge in [-0.15, -0.1) is 0 Å². The van der Waals surface area contributed by atoms with Crippen molar-refractivity contribution in [1.82, 2.24) is 5.32 Å². The average molecular weight is 450 g/mol. The van der Waals surface area contributed by atoms with Gasteiger partial charge in [0.05, 0.1) is 13.2 Å². The molecule has 1 aromatic heterocycles. The van der Waals surface area contributed by atoms with Crippen molar-refractivity contribution in [3.63, 3.8) is 0 Å². The Bertz CT molecular complexity index is 1020. The third-order valence-electron chi connectivity index (χ3n) is 5.44. The molecule has 0 fully saturated rings. The molecule has 0 radical (unpaired) electrons. The van der Waals surface area contributed by atoms with Crippen LogP contribution in [0, 0.1) is 0 Å². The van der Waals surface area contributed by atoms with Gasteiger partial charge in [-0.2, -0.15) is 11.3 Å². The number of thiophene rings is 1. The number of aliphatic hydroxyl groups excluding tert-OH is 1. The van der Waals surface area contributed by atoms with Gasteiger partial charge in [-0.05, 0) is 51.6 Å². The number of hydrogen-bond donors (Lipinski definition) is 2. The highest BCUT2D eigenvalue weighted by atomic mass is 32.1. The Labute approximate surface area is 192 Å². The van der Waals surface area contributed by atoms with E-state index in [4.69, 9.17) is 9.47 Å². The van der Waals surface area contributed by atoms with Crippen molar-refractivity contribution in [3.8, 4) is 0 Å². The first kappa shape index (κ1) is 22.3. The van der Waals surface area contributed by atoms with Gasteiger partial charge in [0.2, 0.25) is 6.29 Å². The minimum atomic E-state index is -0.516. The Balaban J connectivity index is 1.38. The lowest BCUT2D eigenvalue weighted by atomic mass is 9.95. The van der Waals surface area contributed by atoms with E-state index >= 15 is 0 Å². The summed E-state index contributed by atoms with van der Waals surface area (Å²) in [4.78, 5) is 12.8. The number of hydrogen-bond acceptors (Lipinski definition) is 5. The molecule has 0 bridgehead atoms. The Morgan fingerprint density at radius 2 is 1.84 bits per heavy atom. The van der Waals surface area contributed by atoms with Gasteiger partial charge in [-0.1, -0.05) is 54.6 Å². The third kappa shape index (κ3) is 6.07. The summed E-state index contributed by atoms with van der Waals surface area (Å²) >= 11 is 1.64. The topological polar surface area (TPSA) is 67.8 Å². The lowest BCUT2D eigenvalue weighted by molar-refractivity contribution is -0.150. The molecule has 2 N–H and O–H groups in total. The molecule has 0 spiro atoms. The van der Waals surface area contributed by atoms with Crippen LogP contribution in [0.2, 0.25) is 0 Å². The van der Waals surface area contributed by atoms with Crippen LogP contribution in [0.5, 0.6) is 0 Å². The van der Waals surface area contributed by atoms with E-state index in [9.17, 15) is 9.90 Å². The first-order valence-corrected chi connectivity index (χ1v) is 11.7. The first-order chi connectivity index (χ1) is 15.7. The van der Waals surface area contributed by atoms with E-state index in [1.54, 1.807) is 11.3 Å². The zero-order chi connectivity index (χ0) is 22.2. The normalized spacial score (nSPS) is 18.0. The molecule has 0 unspecified atom stereocenters. The van der Waals surface area contributed by atoms with Gasteiger partial charge < -0.3 is 19.9 Å². The maximum absolute atomic E-state index is 12.8. The summed E-state index contributed by atoms with van der Waals surface area (Å²) in [5, 5.41) is 16.3. The minimum absolute atomic E-state index is 0.0166. The Kier molecular flexibility index (Phi) is 7.72. The van der Waals surface area contributed by atoms with Crippen LogP contribution < -0.4 is 5.32 Å². The fraction of sp³-hybridized carbons (Fsp3) is 0.269. The predicted molar refractivity (Wildman–Crippen MR) is 125 cm³/mol. The Hall–Kier alpha value is -2.93. The highest BCUT2D eigenvalue weighted by Gasteiger charge is 2.29. The minimum Gasteiger partial charge on any atom is -0.459 e. The van der Waals surface area contributed by atoms with Gasteiger partial charge in [-0.25, -0.2) is 0 Å². The van der Waals surface area contributed by atoms with Gasteiger partial charge in [0.25, 0.3) is 5.91 Å². The molecule has 2 atom stereocenters. The van der Waals surface area contributed by atoms with Crippen LogP contribution in [-0.2, 0) is 33.9 Å². The van der Waals surface area contributed by atoms with Crippen molar-refractivity contribution in [2.75, 3.05) is 6.54 Å². The molecular formula is C26H27NO4S. The number of aliphatic hydroxyl groups is 1. The van der Waals surface area contributed by atoms with Crippen LogP contribution in [0.15, 0.2) is 83.3 Å². The highest BCUT2D eigenvalue weighted by molar-refractivity contribution is 7.08. The molecule has 4 rings (SSSR count). The summed E-state index contributed by atoms with van der Waals surface area (Å²) in [6, 6.07) is 19.7. The molecule has 2 heterocycles. The second-order valence-corrected chi connectivity index (χ2v) is 8.53. The first-order valence-electron chi connectivity index (χ1n) is 10.7. The van der Waals surface area contributed by atoms with Gasteiger partial charge in [0, 0.05) is 18.9 Å². The number of amides is 1. The van der Waals surface area contributed by atoms with Gasteiger partial charge in [0.1, 0.15) is 0 Å².